The van der Waals surface area contributed by atoms with E-state index in [1.807, 2.05) is 40.8 Å². The normalized spacial score (nSPS) is 20.5. The fourth-order valence-corrected chi connectivity index (χ4v) is 2.71. The minimum Gasteiger partial charge on any atom is -0.545 e. The van der Waals surface area contributed by atoms with Crippen LogP contribution in [0.15, 0.2) is 18.2 Å². The first-order valence-electron chi connectivity index (χ1n) is 6.95. The summed E-state index contributed by atoms with van der Waals surface area (Å²) in [5.41, 5.74) is -0.558. The molecule has 1 saturated heterocycles. The van der Waals surface area contributed by atoms with E-state index in [1.54, 1.807) is 18.2 Å². The van der Waals surface area contributed by atoms with Crippen molar-refractivity contribution in [3.63, 3.8) is 0 Å². The van der Waals surface area contributed by atoms with E-state index in [1.165, 1.54) is 0 Å². The van der Waals surface area contributed by atoms with Gasteiger partial charge in [-0.25, -0.2) is 4.39 Å². The molecule has 2 rings (SSSR count). The van der Waals surface area contributed by atoms with E-state index in [2.05, 4.69) is 0 Å². The van der Waals surface area contributed by atoms with E-state index in [0.717, 1.165) is 0 Å². The molecule has 0 aliphatic carbocycles. The zero-order chi connectivity index (χ0) is 15.1. The van der Waals surface area contributed by atoms with Gasteiger partial charge in [0.2, 0.25) is 9.04 Å². The van der Waals surface area contributed by atoms with Gasteiger partial charge in [0, 0.05) is 5.46 Å². The van der Waals surface area contributed by atoms with E-state index in [-0.39, 0.29) is 5.82 Å². The Kier molecular flexibility index (Phi) is 4.01. The van der Waals surface area contributed by atoms with Crippen molar-refractivity contribution in [1.82, 2.24) is 0 Å². The van der Waals surface area contributed by atoms with Crippen molar-refractivity contribution in [1.29, 1.82) is 0 Å². The van der Waals surface area contributed by atoms with E-state index >= 15 is 0 Å². The van der Waals surface area contributed by atoms with Gasteiger partial charge in [-0.1, -0.05) is 12.1 Å². The Morgan fingerprint density at radius 3 is 2.15 bits per heavy atom. The quantitative estimate of drug-likeness (QED) is 0.802. The monoisotopic (exact) mass is 296 g/mol. The molecular formula is C14H22BFO3Si. The SMILES string of the molecule is C[SiH](C)Oc1cccc(B2OC(C)(C)C(C)(C)O2)c1F. The van der Waals surface area contributed by atoms with Crippen molar-refractivity contribution >= 4 is 21.6 Å². The fourth-order valence-electron chi connectivity index (χ4n) is 2.02. The van der Waals surface area contributed by atoms with Crippen LogP contribution in [0.25, 0.3) is 0 Å². The third-order valence-corrected chi connectivity index (χ3v) is 4.59. The van der Waals surface area contributed by atoms with Crippen molar-refractivity contribution in [3.05, 3.63) is 24.0 Å². The number of hydrogen-bond acceptors (Lipinski definition) is 3. The largest absolute Gasteiger partial charge is 0.545 e. The van der Waals surface area contributed by atoms with Gasteiger partial charge < -0.3 is 13.7 Å². The molecule has 0 spiro atoms. The standard InChI is InChI=1S/C14H22BFO3Si/c1-13(2)14(3,4)19-15(18-13)10-8-7-9-11(12(10)16)17-20(5)6/h7-9,20H,1-6H3. The number of hydrogen-bond donors (Lipinski definition) is 0. The van der Waals surface area contributed by atoms with Crippen LogP contribution >= 0.6 is 0 Å². The maximum atomic E-state index is 14.5. The van der Waals surface area contributed by atoms with Crippen LogP contribution in [-0.2, 0) is 9.31 Å². The van der Waals surface area contributed by atoms with Crippen LogP contribution in [0.3, 0.4) is 0 Å². The first-order chi connectivity index (χ1) is 9.14. The van der Waals surface area contributed by atoms with Crippen molar-refractivity contribution in [3.8, 4) is 5.75 Å². The summed E-state index contributed by atoms with van der Waals surface area (Å²) in [5.74, 6) is -0.0916. The van der Waals surface area contributed by atoms with Crippen molar-refractivity contribution in [2.75, 3.05) is 0 Å². The molecule has 20 heavy (non-hydrogen) atoms. The van der Waals surface area contributed by atoms with Gasteiger partial charge in [-0.2, -0.15) is 0 Å². The van der Waals surface area contributed by atoms with Crippen LogP contribution in [0.4, 0.5) is 4.39 Å². The lowest BCUT2D eigenvalue weighted by molar-refractivity contribution is 0.00578. The Hall–Kier alpha value is -0.848. The third-order valence-electron chi connectivity index (χ3n) is 3.86. The summed E-state index contributed by atoms with van der Waals surface area (Å²) in [6.45, 7) is 11.8. The Labute approximate surface area is 122 Å². The van der Waals surface area contributed by atoms with Crippen LogP contribution in [-0.4, -0.2) is 27.4 Å². The van der Waals surface area contributed by atoms with Gasteiger partial charge in [0.25, 0.3) is 0 Å². The summed E-state index contributed by atoms with van der Waals surface area (Å²) in [4.78, 5) is 0. The summed E-state index contributed by atoms with van der Waals surface area (Å²) in [5, 5.41) is 0. The van der Waals surface area contributed by atoms with Gasteiger partial charge in [0.1, 0.15) is 5.75 Å². The predicted octanol–water partition coefficient (Wildman–Crippen LogP) is 2.49. The molecule has 1 aliphatic heterocycles. The molecule has 0 atom stereocenters. The molecule has 0 radical (unpaired) electrons. The minimum absolute atomic E-state index is 0.291. The Morgan fingerprint density at radius 2 is 1.65 bits per heavy atom. The number of rotatable bonds is 3. The summed E-state index contributed by atoms with van der Waals surface area (Å²) < 4.78 is 31.9. The maximum Gasteiger partial charge on any atom is 0.497 e. The Morgan fingerprint density at radius 1 is 1.10 bits per heavy atom. The van der Waals surface area contributed by atoms with Crippen LogP contribution in [0.1, 0.15) is 27.7 Å². The van der Waals surface area contributed by atoms with Crippen LogP contribution in [0, 0.1) is 5.82 Å². The summed E-state index contributed by atoms with van der Waals surface area (Å²) in [7, 11) is -2.05. The molecule has 1 aromatic rings. The average Bonchev–Trinajstić information content (AvgIpc) is 2.50. The second kappa shape index (κ2) is 5.17. The van der Waals surface area contributed by atoms with Gasteiger partial charge >= 0.3 is 7.12 Å². The highest BCUT2D eigenvalue weighted by atomic mass is 28.3. The lowest BCUT2D eigenvalue weighted by Gasteiger charge is -2.32. The zero-order valence-electron chi connectivity index (χ0n) is 13.0. The molecule has 0 saturated carbocycles. The highest BCUT2D eigenvalue weighted by molar-refractivity contribution is 6.62. The van der Waals surface area contributed by atoms with E-state index in [0.29, 0.717) is 11.2 Å². The lowest BCUT2D eigenvalue weighted by atomic mass is 9.78. The molecule has 0 unspecified atom stereocenters. The average molecular weight is 296 g/mol. The first kappa shape index (κ1) is 15.5. The molecule has 0 amide bonds. The van der Waals surface area contributed by atoms with Crippen molar-refractivity contribution in [2.45, 2.75) is 52.0 Å². The summed E-state index contributed by atoms with van der Waals surface area (Å²) >= 11 is 0. The van der Waals surface area contributed by atoms with Gasteiger partial charge in [0.15, 0.2) is 5.82 Å². The van der Waals surface area contributed by atoms with Gasteiger partial charge in [-0.15, -0.1) is 0 Å². The number of benzene rings is 1. The summed E-state index contributed by atoms with van der Waals surface area (Å²) in [6.07, 6.45) is 0. The maximum absolute atomic E-state index is 14.5. The molecule has 0 bridgehead atoms. The molecule has 110 valence electrons. The topological polar surface area (TPSA) is 27.7 Å². The highest BCUT2D eigenvalue weighted by Crippen LogP contribution is 2.37. The second-order valence-corrected chi connectivity index (χ2v) is 8.75. The molecule has 1 heterocycles. The van der Waals surface area contributed by atoms with Gasteiger partial charge in [-0.3, -0.25) is 0 Å². The summed E-state index contributed by atoms with van der Waals surface area (Å²) in [6, 6.07) is 5.11. The van der Waals surface area contributed by atoms with E-state index in [9.17, 15) is 4.39 Å². The van der Waals surface area contributed by atoms with E-state index < -0.39 is 27.4 Å². The smallest absolute Gasteiger partial charge is 0.497 e. The number of halogens is 1. The minimum atomic E-state index is -1.35. The van der Waals surface area contributed by atoms with Gasteiger partial charge in [-0.05, 0) is 46.9 Å². The fraction of sp³-hybridized carbons (Fsp3) is 0.571. The van der Waals surface area contributed by atoms with Crippen LogP contribution in [0.2, 0.25) is 13.1 Å². The lowest BCUT2D eigenvalue weighted by Crippen LogP contribution is -2.41. The molecule has 3 nitrogen and oxygen atoms in total. The molecule has 6 heteroatoms. The highest BCUT2D eigenvalue weighted by Gasteiger charge is 2.52. The molecular weight excluding hydrogens is 274 g/mol. The van der Waals surface area contributed by atoms with Crippen LogP contribution in [0.5, 0.6) is 5.75 Å². The molecule has 1 aliphatic rings. The van der Waals surface area contributed by atoms with Crippen molar-refractivity contribution < 1.29 is 18.1 Å². The molecule has 0 aromatic heterocycles. The Balaban J connectivity index is 2.31. The van der Waals surface area contributed by atoms with Gasteiger partial charge in [0.05, 0.1) is 11.2 Å². The van der Waals surface area contributed by atoms with Crippen LogP contribution < -0.4 is 9.89 Å². The molecule has 0 N–H and O–H groups in total. The first-order valence-corrected chi connectivity index (χ1v) is 9.73. The van der Waals surface area contributed by atoms with E-state index in [4.69, 9.17) is 13.7 Å². The predicted molar refractivity (Wildman–Crippen MR) is 81.6 cm³/mol. The Bertz CT molecular complexity index is 489. The van der Waals surface area contributed by atoms with Crippen molar-refractivity contribution in [2.24, 2.45) is 0 Å². The second-order valence-electron chi connectivity index (χ2n) is 6.41. The zero-order valence-corrected chi connectivity index (χ0v) is 14.1. The third kappa shape index (κ3) is 2.78. The molecule has 1 fully saturated rings. The molecule has 1 aromatic carbocycles.